The summed E-state index contributed by atoms with van der Waals surface area (Å²) in [7, 11) is 0. The van der Waals surface area contributed by atoms with E-state index in [4.69, 9.17) is 0 Å². The molecule has 3 rings (SSSR count). The van der Waals surface area contributed by atoms with Crippen molar-refractivity contribution >= 4 is 12.0 Å². The summed E-state index contributed by atoms with van der Waals surface area (Å²) in [6, 6.07) is -0.642. The van der Waals surface area contributed by atoms with Crippen molar-refractivity contribution in [2.24, 2.45) is 11.8 Å². The number of aliphatic carboxylic acids is 1. The number of carboxylic acids is 1. The Bertz CT molecular complexity index is 363. The van der Waals surface area contributed by atoms with E-state index < -0.39 is 12.0 Å². The highest BCUT2D eigenvalue weighted by atomic mass is 16.4. The molecule has 1 saturated heterocycles. The van der Waals surface area contributed by atoms with Gasteiger partial charge in [0.1, 0.15) is 6.04 Å². The van der Waals surface area contributed by atoms with Crippen molar-refractivity contribution in [3.63, 3.8) is 0 Å². The molecule has 2 aliphatic carbocycles. The Hall–Kier alpha value is -1.26. The summed E-state index contributed by atoms with van der Waals surface area (Å²) in [6.45, 7) is 2.26. The zero-order valence-electron chi connectivity index (χ0n) is 11.3. The third kappa shape index (κ3) is 3.01. The molecule has 1 N–H and O–H groups in total. The van der Waals surface area contributed by atoms with Crippen molar-refractivity contribution < 1.29 is 14.7 Å². The topological polar surface area (TPSA) is 60.9 Å². The van der Waals surface area contributed by atoms with Gasteiger partial charge in [-0.15, -0.1) is 0 Å². The first-order chi connectivity index (χ1) is 9.15. The number of amides is 2. The lowest BCUT2D eigenvalue weighted by molar-refractivity contribution is -0.141. The van der Waals surface area contributed by atoms with Crippen molar-refractivity contribution in [3.05, 3.63) is 0 Å². The Balaban J connectivity index is 1.65. The molecule has 3 aliphatic rings. The van der Waals surface area contributed by atoms with E-state index in [1.165, 1.54) is 25.7 Å². The molecule has 0 unspecified atom stereocenters. The van der Waals surface area contributed by atoms with E-state index >= 15 is 0 Å². The molecule has 2 saturated carbocycles. The highest BCUT2D eigenvalue weighted by Crippen LogP contribution is 2.34. The van der Waals surface area contributed by atoms with Gasteiger partial charge in [0, 0.05) is 19.6 Å². The molecular weight excluding hydrogens is 244 g/mol. The monoisotopic (exact) mass is 266 g/mol. The average molecular weight is 266 g/mol. The number of hydrogen-bond acceptors (Lipinski definition) is 2. The van der Waals surface area contributed by atoms with Crippen LogP contribution < -0.4 is 0 Å². The van der Waals surface area contributed by atoms with Gasteiger partial charge >= 0.3 is 12.0 Å². The van der Waals surface area contributed by atoms with Gasteiger partial charge in [-0.3, -0.25) is 0 Å². The maximum Gasteiger partial charge on any atom is 0.326 e. The number of hydrogen-bond donors (Lipinski definition) is 1. The van der Waals surface area contributed by atoms with Gasteiger partial charge in [0.05, 0.1) is 0 Å². The lowest BCUT2D eigenvalue weighted by Crippen LogP contribution is -2.49. The molecule has 106 valence electrons. The van der Waals surface area contributed by atoms with Crippen molar-refractivity contribution in [3.8, 4) is 0 Å². The van der Waals surface area contributed by atoms with Crippen LogP contribution >= 0.6 is 0 Å². The van der Waals surface area contributed by atoms with E-state index in [9.17, 15) is 14.7 Å². The number of likely N-dealkylation sites (tertiary alicyclic amines) is 1. The number of urea groups is 1. The maximum absolute atomic E-state index is 12.6. The van der Waals surface area contributed by atoms with Crippen LogP contribution in [0, 0.1) is 11.8 Å². The number of rotatable bonds is 5. The van der Waals surface area contributed by atoms with Crippen LogP contribution in [0.15, 0.2) is 0 Å². The maximum atomic E-state index is 12.6. The first-order valence-electron chi connectivity index (χ1n) is 7.43. The largest absolute Gasteiger partial charge is 0.480 e. The Labute approximate surface area is 113 Å². The second-order valence-corrected chi connectivity index (χ2v) is 6.26. The van der Waals surface area contributed by atoms with Crippen LogP contribution in [0.4, 0.5) is 4.79 Å². The zero-order chi connectivity index (χ0) is 13.4. The van der Waals surface area contributed by atoms with Crippen LogP contribution in [0.1, 0.15) is 38.5 Å². The van der Waals surface area contributed by atoms with E-state index in [1.54, 1.807) is 4.90 Å². The van der Waals surface area contributed by atoms with Crippen LogP contribution in [0.5, 0.6) is 0 Å². The summed E-state index contributed by atoms with van der Waals surface area (Å²) in [5.74, 6) is 0.464. The molecule has 0 radical (unpaired) electrons. The van der Waals surface area contributed by atoms with Crippen molar-refractivity contribution in [2.45, 2.75) is 44.6 Å². The fourth-order valence-electron chi connectivity index (χ4n) is 2.89. The molecule has 0 aromatic heterocycles. The lowest BCUT2D eigenvalue weighted by atomic mass is 10.2. The molecule has 1 heterocycles. The zero-order valence-corrected chi connectivity index (χ0v) is 11.3. The Morgan fingerprint density at radius 3 is 2.11 bits per heavy atom. The molecule has 0 bridgehead atoms. The first kappa shape index (κ1) is 12.8. The molecule has 0 spiro atoms. The van der Waals surface area contributed by atoms with Crippen LogP contribution in [-0.2, 0) is 4.79 Å². The Kier molecular flexibility index (Phi) is 3.37. The predicted octanol–water partition coefficient (Wildman–Crippen LogP) is 1.78. The van der Waals surface area contributed by atoms with Gasteiger partial charge in [-0.2, -0.15) is 0 Å². The average Bonchev–Trinajstić information content (AvgIpc) is 3.29. The molecule has 0 aromatic rings. The number of nitrogens with zero attached hydrogens (tertiary/aromatic N) is 2. The van der Waals surface area contributed by atoms with E-state index in [0.717, 1.165) is 19.5 Å². The third-order valence-corrected chi connectivity index (χ3v) is 4.41. The molecule has 0 aromatic carbocycles. The Morgan fingerprint density at radius 2 is 1.63 bits per heavy atom. The summed E-state index contributed by atoms with van der Waals surface area (Å²) in [5.41, 5.74) is 0. The molecule has 3 fully saturated rings. The smallest absolute Gasteiger partial charge is 0.326 e. The standard InChI is InChI=1S/C14H22N2O3/c17-13(18)12-2-1-7-16(12)14(19)15(8-10-3-4-10)9-11-5-6-11/h10-12H,1-9H2,(H,17,18)/t12-/m0/s1. The van der Waals surface area contributed by atoms with Gasteiger partial charge in [-0.1, -0.05) is 0 Å². The van der Waals surface area contributed by atoms with Crippen molar-refractivity contribution in [1.29, 1.82) is 0 Å². The quantitative estimate of drug-likeness (QED) is 0.825. The normalized spacial score (nSPS) is 26.5. The van der Waals surface area contributed by atoms with Crippen LogP contribution in [0.2, 0.25) is 0 Å². The molecular formula is C14H22N2O3. The van der Waals surface area contributed by atoms with Crippen molar-refractivity contribution in [1.82, 2.24) is 9.80 Å². The summed E-state index contributed by atoms with van der Waals surface area (Å²) in [5, 5.41) is 9.19. The van der Waals surface area contributed by atoms with Gasteiger partial charge in [0.25, 0.3) is 0 Å². The first-order valence-corrected chi connectivity index (χ1v) is 7.43. The van der Waals surface area contributed by atoms with Crippen molar-refractivity contribution in [2.75, 3.05) is 19.6 Å². The van der Waals surface area contributed by atoms with Gasteiger partial charge in [0.2, 0.25) is 0 Å². The van der Waals surface area contributed by atoms with Crippen LogP contribution in [-0.4, -0.2) is 52.6 Å². The summed E-state index contributed by atoms with van der Waals surface area (Å²) in [6.07, 6.45) is 6.28. The minimum absolute atomic E-state index is 0.0382. The van der Waals surface area contributed by atoms with E-state index in [1.807, 2.05) is 4.90 Å². The molecule has 2 amide bonds. The molecule has 1 atom stereocenters. The van der Waals surface area contributed by atoms with E-state index in [2.05, 4.69) is 0 Å². The third-order valence-electron chi connectivity index (χ3n) is 4.41. The van der Waals surface area contributed by atoms with Gasteiger partial charge in [-0.25, -0.2) is 9.59 Å². The van der Waals surface area contributed by atoms with Gasteiger partial charge in [0.15, 0.2) is 0 Å². The minimum Gasteiger partial charge on any atom is -0.480 e. The highest BCUT2D eigenvalue weighted by molar-refractivity contribution is 5.83. The van der Waals surface area contributed by atoms with Gasteiger partial charge in [-0.05, 0) is 50.4 Å². The fraction of sp³-hybridized carbons (Fsp3) is 0.857. The number of carbonyl (C=O) groups is 2. The fourth-order valence-corrected chi connectivity index (χ4v) is 2.89. The van der Waals surface area contributed by atoms with E-state index in [-0.39, 0.29) is 6.03 Å². The highest BCUT2D eigenvalue weighted by Gasteiger charge is 2.39. The van der Waals surface area contributed by atoms with E-state index in [0.29, 0.717) is 24.8 Å². The molecule has 19 heavy (non-hydrogen) atoms. The predicted molar refractivity (Wildman–Crippen MR) is 69.8 cm³/mol. The summed E-state index contributed by atoms with van der Waals surface area (Å²) in [4.78, 5) is 27.3. The molecule has 1 aliphatic heterocycles. The SMILES string of the molecule is O=C(O)[C@@H]1CCCN1C(=O)N(CC1CC1)CC1CC1. The Morgan fingerprint density at radius 1 is 1.05 bits per heavy atom. The van der Waals surface area contributed by atoms with Crippen LogP contribution in [0.3, 0.4) is 0 Å². The van der Waals surface area contributed by atoms with Gasteiger partial charge < -0.3 is 14.9 Å². The molecule has 5 heteroatoms. The molecule has 5 nitrogen and oxygen atoms in total. The minimum atomic E-state index is -0.858. The number of carbonyl (C=O) groups excluding carboxylic acids is 1. The second kappa shape index (κ2) is 5.02. The lowest BCUT2D eigenvalue weighted by Gasteiger charge is -2.30. The van der Waals surface area contributed by atoms with Crippen LogP contribution in [0.25, 0.3) is 0 Å². The summed E-state index contributed by atoms with van der Waals surface area (Å²) < 4.78 is 0. The summed E-state index contributed by atoms with van der Waals surface area (Å²) >= 11 is 0. The second-order valence-electron chi connectivity index (χ2n) is 6.26. The number of carboxylic acid groups (broad SMARTS) is 1.